The summed E-state index contributed by atoms with van der Waals surface area (Å²) in [6.45, 7) is 3.30. The lowest BCUT2D eigenvalue weighted by Crippen LogP contribution is -2.46. The molecule has 3 amide bonds. The summed E-state index contributed by atoms with van der Waals surface area (Å²) in [6.07, 6.45) is -0.0702. The topological polar surface area (TPSA) is 114 Å². The van der Waals surface area contributed by atoms with Gasteiger partial charge < -0.3 is 25.0 Å². The molecule has 0 aliphatic carbocycles. The van der Waals surface area contributed by atoms with E-state index in [9.17, 15) is 19.2 Å². The Hall–Kier alpha value is -3.10. The molecule has 1 atom stereocenters. The molecule has 1 aliphatic rings. The monoisotopic (exact) mass is 377 g/mol. The fourth-order valence-electron chi connectivity index (χ4n) is 2.50. The molecule has 0 fully saturated rings. The Kier molecular flexibility index (Phi) is 7.16. The summed E-state index contributed by atoms with van der Waals surface area (Å²) in [5.74, 6) is -1.19. The zero-order valence-electron chi connectivity index (χ0n) is 15.3. The molecule has 0 unspecified atom stereocenters. The van der Waals surface area contributed by atoms with E-state index in [1.165, 1.54) is 11.8 Å². The summed E-state index contributed by atoms with van der Waals surface area (Å²) in [5.41, 5.74) is 0.593. The van der Waals surface area contributed by atoms with Gasteiger partial charge in [0.1, 0.15) is 11.8 Å². The van der Waals surface area contributed by atoms with Gasteiger partial charge in [-0.05, 0) is 26.0 Å². The Morgan fingerprint density at radius 1 is 1.30 bits per heavy atom. The number of anilines is 1. The molecular formula is C18H23N3O6. The molecule has 2 N–H and O–H groups in total. The zero-order chi connectivity index (χ0) is 19.8. The number of carbonyl (C=O) groups excluding carboxylic acids is 4. The molecule has 9 heteroatoms. The number of rotatable bonds is 8. The third kappa shape index (κ3) is 5.70. The van der Waals surface area contributed by atoms with Gasteiger partial charge in [-0.25, -0.2) is 0 Å². The number of esters is 1. The SMILES string of the molecule is CCNC(=O)[C@H](C)NC(=O)COC(=O)CCN1C(=O)COc2ccccc21. The van der Waals surface area contributed by atoms with Crippen LogP contribution in [0.1, 0.15) is 20.3 Å². The number of likely N-dealkylation sites (N-methyl/N-ethyl adjacent to an activating group) is 1. The summed E-state index contributed by atoms with van der Waals surface area (Å²) in [7, 11) is 0. The van der Waals surface area contributed by atoms with Crippen LogP contribution < -0.4 is 20.3 Å². The van der Waals surface area contributed by atoms with Crippen molar-refractivity contribution in [3.8, 4) is 5.75 Å². The fraction of sp³-hybridized carbons (Fsp3) is 0.444. The average Bonchev–Trinajstić information content (AvgIpc) is 2.65. The third-order valence-corrected chi connectivity index (χ3v) is 3.83. The summed E-state index contributed by atoms with van der Waals surface area (Å²) >= 11 is 0. The van der Waals surface area contributed by atoms with E-state index in [2.05, 4.69) is 10.6 Å². The number of nitrogens with one attached hydrogen (secondary N) is 2. The highest BCUT2D eigenvalue weighted by atomic mass is 16.5. The van der Waals surface area contributed by atoms with Crippen molar-refractivity contribution < 1.29 is 28.7 Å². The van der Waals surface area contributed by atoms with E-state index in [1.54, 1.807) is 31.2 Å². The molecule has 0 saturated carbocycles. The van der Waals surface area contributed by atoms with Crippen LogP contribution in [0.15, 0.2) is 24.3 Å². The number of amides is 3. The quantitative estimate of drug-likeness (QED) is 0.616. The highest BCUT2D eigenvalue weighted by Gasteiger charge is 2.25. The molecule has 0 spiro atoms. The Labute approximate surface area is 157 Å². The summed E-state index contributed by atoms with van der Waals surface area (Å²) in [4.78, 5) is 48.6. The average molecular weight is 377 g/mol. The number of hydrogen-bond donors (Lipinski definition) is 2. The van der Waals surface area contributed by atoms with Gasteiger partial charge in [0, 0.05) is 13.1 Å². The van der Waals surface area contributed by atoms with Crippen LogP contribution in [-0.4, -0.2) is 56.0 Å². The highest BCUT2D eigenvalue weighted by Crippen LogP contribution is 2.31. The maximum absolute atomic E-state index is 12.0. The smallest absolute Gasteiger partial charge is 0.308 e. The molecule has 0 saturated heterocycles. The molecule has 0 aromatic heterocycles. The van der Waals surface area contributed by atoms with Crippen LogP contribution in [0.5, 0.6) is 5.75 Å². The zero-order valence-corrected chi connectivity index (χ0v) is 15.3. The van der Waals surface area contributed by atoms with Crippen molar-refractivity contribution in [3.63, 3.8) is 0 Å². The van der Waals surface area contributed by atoms with Gasteiger partial charge in [-0.1, -0.05) is 12.1 Å². The molecule has 27 heavy (non-hydrogen) atoms. The number of nitrogens with zero attached hydrogens (tertiary/aromatic N) is 1. The molecule has 2 rings (SSSR count). The maximum atomic E-state index is 12.0. The molecule has 0 bridgehead atoms. The second-order valence-corrected chi connectivity index (χ2v) is 5.90. The van der Waals surface area contributed by atoms with Crippen LogP contribution in [0.25, 0.3) is 0 Å². The minimum atomic E-state index is -0.723. The number of benzene rings is 1. The van der Waals surface area contributed by atoms with E-state index in [-0.39, 0.29) is 31.4 Å². The predicted octanol–water partition coefficient (Wildman–Crippen LogP) is -0.0139. The van der Waals surface area contributed by atoms with Crippen LogP contribution in [0.2, 0.25) is 0 Å². The summed E-state index contributed by atoms with van der Waals surface area (Å²) in [6, 6.07) is 6.31. The van der Waals surface area contributed by atoms with Gasteiger partial charge >= 0.3 is 5.97 Å². The first-order chi connectivity index (χ1) is 12.9. The van der Waals surface area contributed by atoms with E-state index < -0.39 is 24.5 Å². The third-order valence-electron chi connectivity index (χ3n) is 3.83. The van der Waals surface area contributed by atoms with E-state index in [0.29, 0.717) is 18.0 Å². The van der Waals surface area contributed by atoms with Gasteiger partial charge in [-0.15, -0.1) is 0 Å². The van der Waals surface area contributed by atoms with Gasteiger partial charge in [-0.2, -0.15) is 0 Å². The summed E-state index contributed by atoms with van der Waals surface area (Å²) < 4.78 is 10.2. The highest BCUT2D eigenvalue weighted by molar-refractivity contribution is 5.98. The van der Waals surface area contributed by atoms with Gasteiger partial charge in [0.05, 0.1) is 12.1 Å². The molecule has 1 aromatic rings. The number of para-hydroxylation sites is 2. The van der Waals surface area contributed by atoms with Crippen LogP contribution >= 0.6 is 0 Å². The molecule has 0 radical (unpaired) electrons. The minimum absolute atomic E-state index is 0.0702. The van der Waals surface area contributed by atoms with Gasteiger partial charge in [0.25, 0.3) is 11.8 Å². The normalized spacial score (nSPS) is 13.9. The second kappa shape index (κ2) is 9.56. The van der Waals surface area contributed by atoms with Gasteiger partial charge in [0.15, 0.2) is 13.2 Å². The van der Waals surface area contributed by atoms with Crippen molar-refractivity contribution in [3.05, 3.63) is 24.3 Å². The van der Waals surface area contributed by atoms with Gasteiger partial charge in [-0.3, -0.25) is 19.2 Å². The van der Waals surface area contributed by atoms with Crippen molar-refractivity contribution >= 4 is 29.4 Å². The Balaban J connectivity index is 1.77. The molecule has 1 aromatic carbocycles. The van der Waals surface area contributed by atoms with Crippen molar-refractivity contribution in [2.45, 2.75) is 26.3 Å². The maximum Gasteiger partial charge on any atom is 0.308 e. The lowest BCUT2D eigenvalue weighted by atomic mass is 10.2. The van der Waals surface area contributed by atoms with Crippen molar-refractivity contribution in [1.82, 2.24) is 10.6 Å². The first kappa shape index (κ1) is 20.2. The Bertz CT molecular complexity index is 721. The second-order valence-electron chi connectivity index (χ2n) is 5.90. The van der Waals surface area contributed by atoms with Crippen molar-refractivity contribution in [1.29, 1.82) is 0 Å². The standard InChI is InChI=1S/C18H23N3O6/c1-3-19-18(25)12(2)20-15(22)10-27-17(24)8-9-21-13-6-4-5-7-14(13)26-11-16(21)23/h4-7,12H,3,8-11H2,1-2H3,(H,19,25)(H,20,22)/t12-/m0/s1. The van der Waals surface area contributed by atoms with Crippen molar-refractivity contribution in [2.24, 2.45) is 0 Å². The Morgan fingerprint density at radius 2 is 2.04 bits per heavy atom. The van der Waals surface area contributed by atoms with Crippen LogP contribution in [-0.2, 0) is 23.9 Å². The Morgan fingerprint density at radius 3 is 2.78 bits per heavy atom. The molecule has 1 heterocycles. The molecule has 1 aliphatic heterocycles. The number of fused-ring (bicyclic) bond motifs is 1. The lowest BCUT2D eigenvalue weighted by Gasteiger charge is -2.28. The van der Waals surface area contributed by atoms with E-state index in [0.717, 1.165) is 0 Å². The van der Waals surface area contributed by atoms with Gasteiger partial charge in [0.2, 0.25) is 5.91 Å². The lowest BCUT2D eigenvalue weighted by molar-refractivity contribution is -0.148. The van der Waals surface area contributed by atoms with E-state index in [4.69, 9.17) is 9.47 Å². The first-order valence-electron chi connectivity index (χ1n) is 8.67. The van der Waals surface area contributed by atoms with E-state index in [1.807, 2.05) is 0 Å². The number of ether oxygens (including phenoxy) is 2. The van der Waals surface area contributed by atoms with Crippen LogP contribution in [0.3, 0.4) is 0 Å². The van der Waals surface area contributed by atoms with Crippen LogP contribution in [0.4, 0.5) is 5.69 Å². The largest absolute Gasteiger partial charge is 0.482 e. The summed E-state index contributed by atoms with van der Waals surface area (Å²) in [5, 5.41) is 5.01. The number of carbonyl (C=O) groups is 4. The first-order valence-corrected chi connectivity index (χ1v) is 8.67. The molecular weight excluding hydrogens is 354 g/mol. The van der Waals surface area contributed by atoms with Crippen LogP contribution in [0, 0.1) is 0 Å². The van der Waals surface area contributed by atoms with Crippen molar-refractivity contribution in [2.75, 3.05) is 31.2 Å². The number of hydrogen-bond acceptors (Lipinski definition) is 6. The fourth-order valence-corrected chi connectivity index (χ4v) is 2.50. The molecule has 146 valence electrons. The molecule has 9 nitrogen and oxygen atoms in total. The predicted molar refractivity (Wildman–Crippen MR) is 96.2 cm³/mol. The minimum Gasteiger partial charge on any atom is -0.482 e. The van der Waals surface area contributed by atoms with E-state index >= 15 is 0 Å².